The van der Waals surface area contributed by atoms with Crippen LogP contribution in [0.2, 0.25) is 0 Å². The summed E-state index contributed by atoms with van der Waals surface area (Å²) in [5.74, 6) is 3.81. The minimum absolute atomic E-state index is 0. The molecule has 0 heterocycles. The van der Waals surface area contributed by atoms with E-state index in [9.17, 15) is 5.11 Å². The molecule has 8 atom stereocenters. The van der Waals surface area contributed by atoms with Crippen LogP contribution in [0, 0.1) is 39.4 Å². The molecule has 0 aromatic carbocycles. The van der Waals surface area contributed by atoms with E-state index in [0.717, 1.165) is 23.5 Å². The molecule has 3 heteroatoms. The zero-order chi connectivity index (χ0) is 23.7. The van der Waals surface area contributed by atoms with Crippen molar-refractivity contribution < 1.29 is 29.1 Å². The van der Waals surface area contributed by atoms with Crippen LogP contribution in [0.15, 0.2) is 11.1 Å². The Morgan fingerprint density at radius 1 is 0.909 bits per heavy atom. The molecule has 2 fully saturated rings. The summed E-state index contributed by atoms with van der Waals surface area (Å²) in [4.78, 5) is 0. The summed E-state index contributed by atoms with van der Waals surface area (Å²) in [7, 11) is 0.567. The monoisotopic (exact) mass is 588 g/mol. The summed E-state index contributed by atoms with van der Waals surface area (Å²) < 4.78 is 0. The van der Waals surface area contributed by atoms with E-state index >= 15 is 0 Å². The topological polar surface area (TPSA) is 20.2 Å². The molecule has 0 aromatic heterocycles. The van der Waals surface area contributed by atoms with Gasteiger partial charge in [-0.25, -0.2) is 0 Å². The third kappa shape index (κ3) is 4.22. The lowest BCUT2D eigenvalue weighted by atomic mass is 9.43. The van der Waals surface area contributed by atoms with Gasteiger partial charge in [0.05, 0.1) is 12.4 Å². The van der Waals surface area contributed by atoms with Crippen LogP contribution in [0.3, 0.4) is 0 Å². The maximum Gasteiger partial charge on any atom is 0.112 e. The first kappa shape index (κ1) is 28.4. The number of hydrogen-bond acceptors (Lipinski definition) is 1. The molecule has 1 N–H and O–H groups in total. The maximum absolute atomic E-state index is 10.8. The highest BCUT2D eigenvalue weighted by atomic mass is 127. The molecule has 0 aliphatic heterocycles. The van der Waals surface area contributed by atoms with Crippen molar-refractivity contribution in [3.63, 3.8) is 0 Å². The van der Waals surface area contributed by atoms with E-state index < -0.39 is 0 Å². The van der Waals surface area contributed by atoms with Crippen LogP contribution in [0.4, 0.5) is 0 Å². The second-order valence-electron chi connectivity index (χ2n) is 13.9. The van der Waals surface area contributed by atoms with Crippen molar-refractivity contribution in [3.8, 4) is 0 Å². The summed E-state index contributed by atoms with van der Waals surface area (Å²) in [6.07, 6.45) is 14.1. The Morgan fingerprint density at radius 2 is 1.58 bits per heavy atom. The molecule has 0 aromatic rings. The van der Waals surface area contributed by atoms with Gasteiger partial charge < -0.3 is 29.1 Å². The van der Waals surface area contributed by atoms with Gasteiger partial charge in [-0.1, -0.05) is 52.7 Å². The largest absolute Gasteiger partial charge is 1.00 e. The zero-order valence-electron chi connectivity index (χ0n) is 23.2. The minimum atomic E-state index is -0.127. The van der Waals surface area contributed by atoms with E-state index in [4.69, 9.17) is 0 Å². The lowest BCUT2D eigenvalue weighted by Crippen LogP contribution is -3.00. The first-order chi connectivity index (χ1) is 14.8. The van der Waals surface area contributed by atoms with Gasteiger partial charge in [-0.15, -0.1) is 0 Å². The minimum Gasteiger partial charge on any atom is -1.00 e. The first-order valence-electron chi connectivity index (χ1n) is 13.8. The lowest BCUT2D eigenvalue weighted by Gasteiger charge is -2.62. The summed E-state index contributed by atoms with van der Waals surface area (Å²) in [6.45, 7) is 20.1. The molecule has 1 nitrogen and oxygen atoms in total. The Bertz CT molecular complexity index is 758. The quantitative estimate of drug-likeness (QED) is 0.279. The van der Waals surface area contributed by atoms with Crippen molar-refractivity contribution >= 4 is 10.9 Å². The molecule has 192 valence electrons. The number of halogens is 1. The van der Waals surface area contributed by atoms with Crippen molar-refractivity contribution in [2.45, 2.75) is 125 Å². The SMILES string of the molecule is CC(C)[S+](C)CC[C@@H](C)C1CC[C@@]2(C)C3=C(CC[C@]12C)[C@@]1(C)CC[C@H](O)C(C)(C)C1CC3.[I-]. The molecule has 2 saturated carbocycles. The Kier molecular flexibility index (Phi) is 8.23. The van der Waals surface area contributed by atoms with Crippen molar-refractivity contribution in [1.82, 2.24) is 0 Å². The molecular formula is C30H53IOS. The molecule has 0 bridgehead atoms. The van der Waals surface area contributed by atoms with Gasteiger partial charge in [0, 0.05) is 0 Å². The first-order valence-corrected chi connectivity index (χ1v) is 15.7. The van der Waals surface area contributed by atoms with Crippen LogP contribution < -0.4 is 24.0 Å². The highest BCUT2D eigenvalue weighted by molar-refractivity contribution is 7.96. The van der Waals surface area contributed by atoms with Crippen LogP contribution in [0.5, 0.6) is 0 Å². The Hall–Kier alpha value is 0.780. The predicted molar refractivity (Wildman–Crippen MR) is 142 cm³/mol. The van der Waals surface area contributed by atoms with Gasteiger partial charge in [0.15, 0.2) is 0 Å². The lowest BCUT2D eigenvalue weighted by molar-refractivity contribution is -0.0962. The smallest absolute Gasteiger partial charge is 0.112 e. The van der Waals surface area contributed by atoms with Crippen LogP contribution >= 0.6 is 0 Å². The average molecular weight is 589 g/mol. The third-order valence-electron chi connectivity index (χ3n) is 12.2. The van der Waals surface area contributed by atoms with Crippen LogP contribution in [-0.2, 0) is 10.9 Å². The molecule has 0 spiro atoms. The summed E-state index contributed by atoms with van der Waals surface area (Å²) in [5.41, 5.74) is 5.00. The number of allylic oxidation sites excluding steroid dienone is 2. The predicted octanol–water partition coefficient (Wildman–Crippen LogP) is 4.78. The molecule has 4 aliphatic rings. The molecule has 0 radical (unpaired) electrons. The summed E-state index contributed by atoms with van der Waals surface area (Å²) in [6, 6.07) is 0. The molecule has 0 amide bonds. The highest BCUT2D eigenvalue weighted by Gasteiger charge is 2.63. The van der Waals surface area contributed by atoms with Gasteiger partial charge in [0.25, 0.3) is 0 Å². The second kappa shape index (κ2) is 9.58. The highest BCUT2D eigenvalue weighted by Crippen LogP contribution is 2.72. The molecule has 4 aliphatic carbocycles. The fourth-order valence-corrected chi connectivity index (χ4v) is 10.7. The fraction of sp³-hybridized carbons (Fsp3) is 0.933. The summed E-state index contributed by atoms with van der Waals surface area (Å²) in [5, 5.41) is 11.7. The van der Waals surface area contributed by atoms with Gasteiger partial charge in [0.1, 0.15) is 11.0 Å². The van der Waals surface area contributed by atoms with Crippen molar-refractivity contribution in [1.29, 1.82) is 0 Å². The van der Waals surface area contributed by atoms with Crippen LogP contribution in [0.25, 0.3) is 0 Å². The zero-order valence-corrected chi connectivity index (χ0v) is 26.2. The van der Waals surface area contributed by atoms with Gasteiger partial charge in [0.2, 0.25) is 0 Å². The number of fused-ring (bicyclic) bond motifs is 4. The molecule has 0 saturated heterocycles. The Morgan fingerprint density at radius 3 is 2.21 bits per heavy atom. The van der Waals surface area contributed by atoms with Gasteiger partial charge in [-0.05, 0) is 122 Å². The van der Waals surface area contributed by atoms with E-state index in [-0.39, 0.29) is 35.5 Å². The Labute approximate surface area is 226 Å². The number of hydrogen-bond donors (Lipinski definition) is 1. The summed E-state index contributed by atoms with van der Waals surface area (Å²) >= 11 is 0. The van der Waals surface area contributed by atoms with Crippen molar-refractivity contribution in [2.75, 3.05) is 12.0 Å². The average Bonchev–Trinajstić information content (AvgIpc) is 3.00. The van der Waals surface area contributed by atoms with Gasteiger partial charge >= 0.3 is 0 Å². The molecule has 33 heavy (non-hydrogen) atoms. The third-order valence-corrected chi connectivity index (χ3v) is 14.7. The van der Waals surface area contributed by atoms with E-state index in [1.807, 2.05) is 11.1 Å². The van der Waals surface area contributed by atoms with Crippen molar-refractivity contribution in [3.05, 3.63) is 11.1 Å². The molecule has 4 rings (SSSR count). The van der Waals surface area contributed by atoms with Gasteiger partial charge in [-0.2, -0.15) is 0 Å². The standard InChI is InChI=1S/C30H53OS.HI/c1-20(2)32(9)19-15-21(3)22-12-17-30(8)24-10-11-25-27(4,5)26(31)14-16-28(25,6)23(24)13-18-29(22,30)7;/h20-22,25-26,31H,10-19H2,1-9H3;1H/q+1;/p-1/t21-,22?,25?,26+,28-,29-,30+,32?;/m1./s1. The van der Waals surface area contributed by atoms with E-state index in [0.29, 0.717) is 33.1 Å². The second-order valence-corrected chi connectivity index (χ2v) is 16.7. The number of rotatable bonds is 5. The van der Waals surface area contributed by atoms with E-state index in [1.54, 1.807) is 0 Å². The van der Waals surface area contributed by atoms with Gasteiger partial charge in [-0.3, -0.25) is 0 Å². The molecular weight excluding hydrogens is 535 g/mol. The number of aliphatic hydroxyl groups is 1. The van der Waals surface area contributed by atoms with Crippen molar-refractivity contribution in [2.24, 2.45) is 39.4 Å². The van der Waals surface area contributed by atoms with Crippen LogP contribution in [-0.4, -0.2) is 28.5 Å². The molecule has 3 unspecified atom stereocenters. The fourth-order valence-electron chi connectivity index (χ4n) is 9.44. The Balaban J connectivity index is 0.00000306. The normalized spacial score (nSPS) is 43.9. The maximum atomic E-state index is 10.8. The van der Waals surface area contributed by atoms with Crippen LogP contribution in [0.1, 0.15) is 113 Å². The number of aliphatic hydroxyl groups excluding tert-OH is 1. The van der Waals surface area contributed by atoms with E-state index in [2.05, 4.69) is 61.6 Å². The van der Waals surface area contributed by atoms with E-state index in [1.165, 1.54) is 57.1 Å².